The van der Waals surface area contributed by atoms with Crippen LogP contribution in [0.25, 0.3) is 11.3 Å². The number of H-pyrrole nitrogens is 1. The maximum atomic E-state index is 12.4. The van der Waals surface area contributed by atoms with E-state index in [2.05, 4.69) is 15.3 Å². The SMILES string of the molecule is COc1ccc(-c2cc(=O)[nH]c(SC(C)C(=O)NCCc3ccccc3)n2)cc1. The number of carbonyl (C=O) groups excluding carboxylic acids is 1. The van der Waals surface area contributed by atoms with Gasteiger partial charge in [-0.2, -0.15) is 0 Å². The fourth-order valence-corrected chi connectivity index (χ4v) is 3.58. The summed E-state index contributed by atoms with van der Waals surface area (Å²) in [6, 6.07) is 18.7. The lowest BCUT2D eigenvalue weighted by Crippen LogP contribution is -2.32. The summed E-state index contributed by atoms with van der Waals surface area (Å²) in [5.41, 5.74) is 2.27. The molecular weight excluding hydrogens is 386 g/mol. The number of amides is 1. The van der Waals surface area contributed by atoms with Crippen molar-refractivity contribution in [2.75, 3.05) is 13.7 Å². The molecule has 3 aromatic rings. The van der Waals surface area contributed by atoms with Crippen LogP contribution in [-0.2, 0) is 11.2 Å². The Balaban J connectivity index is 1.61. The first-order valence-electron chi connectivity index (χ1n) is 9.29. The van der Waals surface area contributed by atoms with Crippen molar-refractivity contribution < 1.29 is 9.53 Å². The molecule has 3 rings (SSSR count). The highest BCUT2D eigenvalue weighted by molar-refractivity contribution is 8.00. The molecule has 29 heavy (non-hydrogen) atoms. The number of nitrogens with zero attached hydrogens (tertiary/aromatic N) is 1. The molecule has 1 unspecified atom stereocenters. The van der Waals surface area contributed by atoms with Gasteiger partial charge in [-0.3, -0.25) is 9.59 Å². The Morgan fingerprint density at radius 2 is 1.90 bits per heavy atom. The van der Waals surface area contributed by atoms with E-state index in [0.717, 1.165) is 17.7 Å². The first-order valence-corrected chi connectivity index (χ1v) is 10.2. The molecule has 0 aliphatic rings. The molecule has 7 heteroatoms. The van der Waals surface area contributed by atoms with Gasteiger partial charge in [-0.1, -0.05) is 42.1 Å². The second kappa shape index (κ2) is 9.93. The van der Waals surface area contributed by atoms with E-state index in [1.54, 1.807) is 14.0 Å². The first kappa shape index (κ1) is 20.7. The second-order valence-corrected chi connectivity index (χ2v) is 7.78. The van der Waals surface area contributed by atoms with Crippen LogP contribution in [0, 0.1) is 0 Å². The molecule has 1 heterocycles. The Morgan fingerprint density at radius 3 is 2.59 bits per heavy atom. The third kappa shape index (κ3) is 5.96. The zero-order valence-electron chi connectivity index (χ0n) is 16.3. The Hall–Kier alpha value is -3.06. The fourth-order valence-electron chi connectivity index (χ4n) is 2.74. The number of carbonyl (C=O) groups is 1. The van der Waals surface area contributed by atoms with Crippen molar-refractivity contribution in [2.24, 2.45) is 0 Å². The van der Waals surface area contributed by atoms with Crippen molar-refractivity contribution in [3.05, 3.63) is 76.6 Å². The molecule has 0 spiro atoms. The van der Waals surface area contributed by atoms with E-state index in [9.17, 15) is 9.59 Å². The number of rotatable bonds is 8. The number of hydrogen-bond acceptors (Lipinski definition) is 5. The molecule has 1 atom stereocenters. The van der Waals surface area contributed by atoms with Crippen LogP contribution in [0.5, 0.6) is 5.75 Å². The molecule has 2 N–H and O–H groups in total. The monoisotopic (exact) mass is 409 g/mol. The summed E-state index contributed by atoms with van der Waals surface area (Å²) in [7, 11) is 1.60. The zero-order valence-corrected chi connectivity index (χ0v) is 17.2. The van der Waals surface area contributed by atoms with Crippen LogP contribution in [0.15, 0.2) is 70.6 Å². The van der Waals surface area contributed by atoms with Gasteiger partial charge in [0, 0.05) is 18.2 Å². The van der Waals surface area contributed by atoms with Crippen molar-refractivity contribution >= 4 is 17.7 Å². The minimum Gasteiger partial charge on any atom is -0.497 e. The molecule has 0 saturated carbocycles. The highest BCUT2D eigenvalue weighted by atomic mass is 32.2. The smallest absolute Gasteiger partial charge is 0.252 e. The summed E-state index contributed by atoms with van der Waals surface area (Å²) in [6.07, 6.45) is 0.770. The number of hydrogen-bond donors (Lipinski definition) is 2. The average Bonchev–Trinajstić information content (AvgIpc) is 2.74. The molecule has 1 aromatic heterocycles. The van der Waals surface area contributed by atoms with Crippen molar-refractivity contribution in [1.82, 2.24) is 15.3 Å². The fraction of sp³-hybridized carbons (Fsp3) is 0.227. The molecule has 0 saturated heterocycles. The quantitative estimate of drug-likeness (QED) is 0.441. The average molecular weight is 410 g/mol. The van der Waals surface area contributed by atoms with E-state index < -0.39 is 0 Å². The van der Waals surface area contributed by atoms with Crippen molar-refractivity contribution in [1.29, 1.82) is 0 Å². The lowest BCUT2D eigenvalue weighted by molar-refractivity contribution is -0.120. The number of methoxy groups -OCH3 is 1. The van der Waals surface area contributed by atoms with E-state index >= 15 is 0 Å². The standard InChI is InChI=1S/C22H23N3O3S/c1-15(21(27)23-13-12-16-6-4-3-5-7-16)29-22-24-19(14-20(26)25-22)17-8-10-18(28-2)11-9-17/h3-11,14-15H,12-13H2,1-2H3,(H,23,27)(H,24,25,26). The van der Waals surface area contributed by atoms with Crippen LogP contribution >= 0.6 is 11.8 Å². The molecule has 0 radical (unpaired) electrons. The Morgan fingerprint density at radius 1 is 1.17 bits per heavy atom. The van der Waals surface area contributed by atoms with Gasteiger partial charge in [0.25, 0.3) is 5.56 Å². The van der Waals surface area contributed by atoms with E-state index in [4.69, 9.17) is 4.74 Å². The van der Waals surface area contributed by atoms with Crippen LogP contribution in [0.4, 0.5) is 0 Å². The van der Waals surface area contributed by atoms with Crippen LogP contribution < -0.4 is 15.6 Å². The Labute approximate surface area is 173 Å². The van der Waals surface area contributed by atoms with Gasteiger partial charge in [0.15, 0.2) is 5.16 Å². The summed E-state index contributed by atoms with van der Waals surface area (Å²) in [6.45, 7) is 2.35. The van der Waals surface area contributed by atoms with Gasteiger partial charge in [0.2, 0.25) is 5.91 Å². The highest BCUT2D eigenvalue weighted by Crippen LogP contribution is 2.23. The summed E-state index contributed by atoms with van der Waals surface area (Å²) in [5, 5.41) is 2.95. The molecule has 1 amide bonds. The van der Waals surface area contributed by atoms with Gasteiger partial charge >= 0.3 is 0 Å². The van der Waals surface area contributed by atoms with E-state index in [-0.39, 0.29) is 16.7 Å². The molecule has 150 valence electrons. The lowest BCUT2D eigenvalue weighted by Gasteiger charge is -2.12. The Bertz CT molecular complexity index is 1000. The van der Waals surface area contributed by atoms with E-state index in [1.165, 1.54) is 23.4 Å². The van der Waals surface area contributed by atoms with Crippen molar-refractivity contribution in [2.45, 2.75) is 23.8 Å². The number of aromatic nitrogens is 2. The molecule has 0 aliphatic heterocycles. The zero-order chi connectivity index (χ0) is 20.6. The van der Waals surface area contributed by atoms with Crippen molar-refractivity contribution in [3.63, 3.8) is 0 Å². The number of aromatic amines is 1. The van der Waals surface area contributed by atoms with Crippen LogP contribution in [-0.4, -0.2) is 34.8 Å². The van der Waals surface area contributed by atoms with Gasteiger partial charge in [-0.25, -0.2) is 4.98 Å². The predicted molar refractivity (Wildman–Crippen MR) is 115 cm³/mol. The highest BCUT2D eigenvalue weighted by Gasteiger charge is 2.16. The second-order valence-electron chi connectivity index (χ2n) is 6.45. The van der Waals surface area contributed by atoms with Gasteiger partial charge in [-0.05, 0) is 43.2 Å². The minimum absolute atomic E-state index is 0.0940. The van der Waals surface area contributed by atoms with Gasteiger partial charge in [0.05, 0.1) is 18.1 Å². The molecule has 0 bridgehead atoms. The number of benzene rings is 2. The summed E-state index contributed by atoms with van der Waals surface area (Å²) in [4.78, 5) is 31.6. The molecular formula is C22H23N3O3S. The van der Waals surface area contributed by atoms with Crippen molar-refractivity contribution in [3.8, 4) is 17.0 Å². The number of thioether (sulfide) groups is 1. The third-order valence-electron chi connectivity index (χ3n) is 4.32. The lowest BCUT2D eigenvalue weighted by atomic mass is 10.1. The summed E-state index contributed by atoms with van der Waals surface area (Å²) in [5.74, 6) is 0.636. The molecule has 0 fully saturated rings. The molecule has 2 aromatic carbocycles. The van der Waals surface area contributed by atoms with Crippen LogP contribution in [0.1, 0.15) is 12.5 Å². The number of nitrogens with one attached hydrogen (secondary N) is 2. The van der Waals surface area contributed by atoms with Crippen LogP contribution in [0.3, 0.4) is 0 Å². The maximum Gasteiger partial charge on any atom is 0.252 e. The van der Waals surface area contributed by atoms with E-state index in [1.807, 2.05) is 54.6 Å². The molecule has 0 aliphatic carbocycles. The third-order valence-corrected chi connectivity index (χ3v) is 5.30. The maximum absolute atomic E-state index is 12.4. The Kier molecular flexibility index (Phi) is 7.08. The van der Waals surface area contributed by atoms with Crippen LogP contribution in [0.2, 0.25) is 0 Å². The van der Waals surface area contributed by atoms with E-state index in [0.29, 0.717) is 17.4 Å². The van der Waals surface area contributed by atoms with Gasteiger partial charge in [0.1, 0.15) is 5.75 Å². The normalized spacial score (nSPS) is 11.7. The van der Waals surface area contributed by atoms with Gasteiger partial charge in [-0.15, -0.1) is 0 Å². The predicted octanol–water partition coefficient (Wildman–Crippen LogP) is 3.29. The number of ether oxygens (including phenoxy) is 1. The molecule has 6 nitrogen and oxygen atoms in total. The summed E-state index contributed by atoms with van der Waals surface area (Å²) < 4.78 is 5.16. The topological polar surface area (TPSA) is 84.1 Å². The largest absolute Gasteiger partial charge is 0.497 e. The minimum atomic E-state index is -0.389. The first-order chi connectivity index (χ1) is 14.0. The van der Waals surface area contributed by atoms with Gasteiger partial charge < -0.3 is 15.0 Å². The summed E-state index contributed by atoms with van der Waals surface area (Å²) >= 11 is 1.23.